The van der Waals surface area contributed by atoms with Crippen molar-refractivity contribution in [2.45, 2.75) is 20.0 Å². The first-order chi connectivity index (χ1) is 6.11. The Bertz CT molecular complexity index is 158. The molecule has 0 heterocycles. The predicted molar refractivity (Wildman–Crippen MR) is 54.4 cm³/mol. The first-order valence-corrected chi connectivity index (χ1v) is 4.38. The third kappa shape index (κ3) is 5.43. The van der Waals surface area contributed by atoms with E-state index in [-0.39, 0.29) is 6.10 Å². The zero-order valence-corrected chi connectivity index (χ0v) is 8.87. The Morgan fingerprint density at radius 1 is 1.62 bits per heavy atom. The van der Waals surface area contributed by atoms with Gasteiger partial charge in [0.05, 0.1) is 12.7 Å². The smallest absolute Gasteiger partial charge is 0.207 e. The molecule has 0 fully saturated rings. The summed E-state index contributed by atoms with van der Waals surface area (Å²) in [6.07, 6.45) is 0.265. The first-order valence-electron chi connectivity index (χ1n) is 4.38. The highest BCUT2D eigenvalue weighted by molar-refractivity contribution is 5.78. The van der Waals surface area contributed by atoms with Crippen LogP contribution in [0, 0.1) is 0 Å². The van der Waals surface area contributed by atoms with Crippen LogP contribution in [0.4, 0.5) is 0 Å². The van der Waals surface area contributed by atoms with Gasteiger partial charge in [-0.05, 0) is 13.8 Å². The Hall–Kier alpha value is -0.810. The number of nitrogens with zero attached hydrogens (tertiary/aromatic N) is 2. The SMILES string of the molecule is CN=C(NN)N(C)CCOC(C)C. The highest BCUT2D eigenvalue weighted by atomic mass is 16.5. The summed E-state index contributed by atoms with van der Waals surface area (Å²) in [7, 11) is 3.60. The highest BCUT2D eigenvalue weighted by Crippen LogP contribution is 1.89. The molecule has 0 saturated carbocycles. The molecule has 5 heteroatoms. The van der Waals surface area contributed by atoms with Crippen molar-refractivity contribution in [1.29, 1.82) is 0 Å². The van der Waals surface area contributed by atoms with E-state index in [0.29, 0.717) is 12.6 Å². The molecule has 0 amide bonds. The van der Waals surface area contributed by atoms with Crippen LogP contribution in [-0.2, 0) is 4.74 Å². The number of ether oxygens (including phenoxy) is 1. The third-order valence-electron chi connectivity index (χ3n) is 1.58. The molecule has 0 aromatic rings. The summed E-state index contributed by atoms with van der Waals surface area (Å²) in [5.74, 6) is 5.91. The number of likely N-dealkylation sites (N-methyl/N-ethyl adjacent to an activating group) is 1. The molecule has 0 aliphatic heterocycles. The summed E-state index contributed by atoms with van der Waals surface area (Å²) < 4.78 is 5.39. The molecular formula is C8H20N4O. The molecule has 0 atom stereocenters. The van der Waals surface area contributed by atoms with E-state index in [1.165, 1.54) is 0 Å². The molecular weight excluding hydrogens is 168 g/mol. The fourth-order valence-corrected chi connectivity index (χ4v) is 0.877. The lowest BCUT2D eigenvalue weighted by Crippen LogP contribution is -2.44. The summed E-state index contributed by atoms with van der Waals surface area (Å²) in [5.41, 5.74) is 2.51. The van der Waals surface area contributed by atoms with E-state index in [9.17, 15) is 0 Å². The number of aliphatic imine (C=N–C) groups is 1. The van der Waals surface area contributed by atoms with Crippen molar-refractivity contribution in [2.75, 3.05) is 27.2 Å². The lowest BCUT2D eigenvalue weighted by molar-refractivity contribution is 0.0721. The van der Waals surface area contributed by atoms with E-state index in [1.54, 1.807) is 7.05 Å². The Morgan fingerprint density at radius 3 is 2.62 bits per heavy atom. The van der Waals surface area contributed by atoms with Gasteiger partial charge in [-0.2, -0.15) is 0 Å². The van der Waals surface area contributed by atoms with Crippen molar-refractivity contribution in [2.24, 2.45) is 10.8 Å². The Morgan fingerprint density at radius 2 is 2.23 bits per heavy atom. The molecule has 0 unspecified atom stereocenters. The molecule has 0 saturated heterocycles. The van der Waals surface area contributed by atoms with Crippen LogP contribution < -0.4 is 11.3 Å². The van der Waals surface area contributed by atoms with E-state index in [0.717, 1.165) is 6.54 Å². The van der Waals surface area contributed by atoms with Gasteiger partial charge in [-0.3, -0.25) is 10.4 Å². The maximum atomic E-state index is 5.39. The maximum absolute atomic E-state index is 5.39. The number of guanidine groups is 1. The number of nitrogens with one attached hydrogen (secondary N) is 1. The van der Waals surface area contributed by atoms with Gasteiger partial charge in [0, 0.05) is 20.6 Å². The lowest BCUT2D eigenvalue weighted by Gasteiger charge is -2.20. The molecule has 13 heavy (non-hydrogen) atoms. The summed E-state index contributed by atoms with van der Waals surface area (Å²) >= 11 is 0. The van der Waals surface area contributed by atoms with Gasteiger partial charge in [0.2, 0.25) is 5.96 Å². The van der Waals surface area contributed by atoms with E-state index in [2.05, 4.69) is 10.4 Å². The van der Waals surface area contributed by atoms with Gasteiger partial charge in [0.15, 0.2) is 0 Å². The Labute approximate surface area is 79.9 Å². The zero-order chi connectivity index (χ0) is 10.3. The van der Waals surface area contributed by atoms with Gasteiger partial charge >= 0.3 is 0 Å². The molecule has 0 bridgehead atoms. The van der Waals surface area contributed by atoms with Crippen molar-refractivity contribution >= 4 is 5.96 Å². The molecule has 5 nitrogen and oxygen atoms in total. The average Bonchev–Trinajstić information content (AvgIpc) is 2.05. The van der Waals surface area contributed by atoms with Crippen molar-refractivity contribution in [3.05, 3.63) is 0 Å². The van der Waals surface area contributed by atoms with Gasteiger partial charge in [0.1, 0.15) is 0 Å². The molecule has 78 valence electrons. The first kappa shape index (κ1) is 12.2. The van der Waals surface area contributed by atoms with Gasteiger partial charge in [0.25, 0.3) is 0 Å². The van der Waals surface area contributed by atoms with Gasteiger partial charge in [-0.25, -0.2) is 5.84 Å². The standard InChI is InChI=1S/C8H20N4O/c1-7(2)13-6-5-12(4)8(10-3)11-9/h7H,5-6,9H2,1-4H3,(H,10,11). The number of hydrazine groups is 1. The predicted octanol–water partition coefficient (Wildman–Crippen LogP) is -0.208. The van der Waals surface area contributed by atoms with Crippen LogP contribution in [0.3, 0.4) is 0 Å². The van der Waals surface area contributed by atoms with Crippen molar-refractivity contribution in [3.63, 3.8) is 0 Å². The number of hydrogen-bond acceptors (Lipinski definition) is 3. The zero-order valence-electron chi connectivity index (χ0n) is 8.87. The second kappa shape index (κ2) is 6.68. The number of hydrogen-bond donors (Lipinski definition) is 2. The number of rotatable bonds is 4. The molecule has 0 aromatic carbocycles. The minimum atomic E-state index is 0.265. The second-order valence-corrected chi connectivity index (χ2v) is 3.03. The highest BCUT2D eigenvalue weighted by Gasteiger charge is 2.03. The molecule has 0 spiro atoms. The maximum Gasteiger partial charge on any atom is 0.207 e. The Balaban J connectivity index is 3.67. The minimum Gasteiger partial charge on any atom is -0.377 e. The summed E-state index contributed by atoms with van der Waals surface area (Å²) in [5, 5.41) is 0. The topological polar surface area (TPSA) is 62.9 Å². The van der Waals surface area contributed by atoms with Crippen LogP contribution in [0.2, 0.25) is 0 Å². The summed E-state index contributed by atoms with van der Waals surface area (Å²) in [6, 6.07) is 0. The molecule has 0 radical (unpaired) electrons. The minimum absolute atomic E-state index is 0.265. The van der Waals surface area contributed by atoms with Crippen LogP contribution in [-0.4, -0.2) is 44.2 Å². The van der Waals surface area contributed by atoms with Crippen molar-refractivity contribution < 1.29 is 4.74 Å². The lowest BCUT2D eigenvalue weighted by atomic mass is 10.5. The van der Waals surface area contributed by atoms with E-state index in [4.69, 9.17) is 10.6 Å². The quantitative estimate of drug-likeness (QED) is 0.277. The molecule has 3 N–H and O–H groups in total. The number of nitrogens with two attached hydrogens (primary N) is 1. The fourth-order valence-electron chi connectivity index (χ4n) is 0.877. The normalized spacial score (nSPS) is 12.0. The van der Waals surface area contributed by atoms with E-state index in [1.807, 2.05) is 25.8 Å². The fraction of sp³-hybridized carbons (Fsp3) is 0.875. The van der Waals surface area contributed by atoms with Crippen LogP contribution in [0.15, 0.2) is 4.99 Å². The molecule has 0 rings (SSSR count). The third-order valence-corrected chi connectivity index (χ3v) is 1.58. The van der Waals surface area contributed by atoms with Gasteiger partial charge < -0.3 is 9.64 Å². The van der Waals surface area contributed by atoms with Crippen LogP contribution >= 0.6 is 0 Å². The van der Waals surface area contributed by atoms with Crippen LogP contribution in [0.5, 0.6) is 0 Å². The van der Waals surface area contributed by atoms with Gasteiger partial charge in [-0.15, -0.1) is 0 Å². The molecule has 0 aromatic heterocycles. The summed E-state index contributed by atoms with van der Waals surface area (Å²) in [6.45, 7) is 5.47. The van der Waals surface area contributed by atoms with Crippen molar-refractivity contribution in [3.8, 4) is 0 Å². The average molecular weight is 188 g/mol. The molecule has 0 aliphatic carbocycles. The Kier molecular flexibility index (Phi) is 6.26. The van der Waals surface area contributed by atoms with Crippen LogP contribution in [0.25, 0.3) is 0 Å². The van der Waals surface area contributed by atoms with Crippen LogP contribution in [0.1, 0.15) is 13.8 Å². The van der Waals surface area contributed by atoms with Gasteiger partial charge in [-0.1, -0.05) is 0 Å². The largest absolute Gasteiger partial charge is 0.377 e. The van der Waals surface area contributed by atoms with Crippen molar-refractivity contribution in [1.82, 2.24) is 10.3 Å². The monoisotopic (exact) mass is 188 g/mol. The van der Waals surface area contributed by atoms with E-state index < -0.39 is 0 Å². The molecule has 0 aliphatic rings. The second-order valence-electron chi connectivity index (χ2n) is 3.03. The van der Waals surface area contributed by atoms with E-state index >= 15 is 0 Å². The summed E-state index contributed by atoms with van der Waals surface area (Å²) in [4.78, 5) is 5.86.